The highest BCUT2D eigenvalue weighted by atomic mass is 19.1. The molecule has 3 aromatic rings. The first-order chi connectivity index (χ1) is 16.2. The van der Waals surface area contributed by atoms with E-state index in [9.17, 15) is 28.3 Å². The van der Waals surface area contributed by atoms with E-state index in [4.69, 9.17) is 4.52 Å². The molecule has 0 aliphatic carbocycles. The Morgan fingerprint density at radius 3 is 2.68 bits per heavy atom. The second-order valence-corrected chi connectivity index (χ2v) is 8.58. The van der Waals surface area contributed by atoms with E-state index in [0.717, 1.165) is 17.7 Å². The summed E-state index contributed by atoms with van der Waals surface area (Å²) in [5, 5.41) is 16.9. The minimum Gasteiger partial charge on any atom is -0.503 e. The SMILES string of the molecule is Cc1cc(F)c(CNC(=O)c2cn3c(c(O)c2=O)C(=O)N2Cc4onc(C)c4CC3C2)c(F)c1. The maximum atomic E-state index is 14.1. The quantitative estimate of drug-likeness (QED) is 0.606. The molecule has 11 heteroatoms. The van der Waals surface area contributed by atoms with Crippen molar-refractivity contribution >= 4 is 11.8 Å². The number of aromatic hydroxyl groups is 1. The highest BCUT2D eigenvalue weighted by Crippen LogP contribution is 2.34. The number of nitrogens with zero attached hydrogens (tertiary/aromatic N) is 3. The van der Waals surface area contributed by atoms with Crippen LogP contribution in [0, 0.1) is 25.5 Å². The summed E-state index contributed by atoms with van der Waals surface area (Å²) in [6, 6.07) is 1.88. The van der Waals surface area contributed by atoms with Crippen molar-refractivity contribution in [1.82, 2.24) is 19.9 Å². The maximum absolute atomic E-state index is 14.1. The molecule has 2 N–H and O–H groups in total. The van der Waals surface area contributed by atoms with E-state index in [-0.39, 0.29) is 24.3 Å². The predicted octanol–water partition coefficient (Wildman–Crippen LogP) is 2.12. The molecule has 0 fully saturated rings. The van der Waals surface area contributed by atoms with Gasteiger partial charge in [0.1, 0.15) is 17.2 Å². The average Bonchev–Trinajstić information content (AvgIpc) is 3.01. The molecular formula is C23H20F2N4O5. The van der Waals surface area contributed by atoms with Crippen LogP contribution < -0.4 is 10.7 Å². The Kier molecular flexibility index (Phi) is 4.99. The summed E-state index contributed by atoms with van der Waals surface area (Å²) in [5.74, 6) is -3.49. The normalized spacial score (nSPS) is 16.6. The molecule has 9 nitrogen and oxygen atoms in total. The van der Waals surface area contributed by atoms with Crippen LogP contribution in [0.2, 0.25) is 0 Å². The van der Waals surface area contributed by atoms with Gasteiger partial charge in [-0.3, -0.25) is 14.4 Å². The Hall–Kier alpha value is -4.02. The molecule has 1 unspecified atom stereocenters. The number of carbonyl (C=O) groups is 2. The van der Waals surface area contributed by atoms with Gasteiger partial charge in [-0.25, -0.2) is 8.78 Å². The van der Waals surface area contributed by atoms with Crippen molar-refractivity contribution in [2.24, 2.45) is 0 Å². The summed E-state index contributed by atoms with van der Waals surface area (Å²) < 4.78 is 35.0. The van der Waals surface area contributed by atoms with Crippen molar-refractivity contribution in [1.29, 1.82) is 0 Å². The summed E-state index contributed by atoms with van der Waals surface area (Å²) in [5.41, 5.74) is -0.184. The van der Waals surface area contributed by atoms with Crippen molar-refractivity contribution in [2.45, 2.75) is 39.4 Å². The maximum Gasteiger partial charge on any atom is 0.274 e. The van der Waals surface area contributed by atoms with Crippen LogP contribution in [0.1, 0.15) is 55.0 Å². The van der Waals surface area contributed by atoms with Crippen LogP contribution in [0.25, 0.3) is 0 Å². The summed E-state index contributed by atoms with van der Waals surface area (Å²) in [6.45, 7) is 3.23. The molecule has 0 spiro atoms. The molecule has 1 atom stereocenters. The minimum absolute atomic E-state index is 0.148. The molecular weight excluding hydrogens is 450 g/mol. The van der Waals surface area contributed by atoms with Gasteiger partial charge in [-0.15, -0.1) is 0 Å². The van der Waals surface area contributed by atoms with Gasteiger partial charge in [-0.2, -0.15) is 0 Å². The van der Waals surface area contributed by atoms with E-state index in [1.165, 1.54) is 22.6 Å². The molecule has 2 aliphatic heterocycles. The second kappa shape index (κ2) is 7.79. The first-order valence-corrected chi connectivity index (χ1v) is 10.6. The Bertz CT molecular complexity index is 1400. The summed E-state index contributed by atoms with van der Waals surface area (Å²) in [7, 11) is 0. The molecule has 4 heterocycles. The molecule has 2 aromatic heterocycles. The molecule has 0 saturated carbocycles. The third-order valence-electron chi connectivity index (χ3n) is 6.32. The highest BCUT2D eigenvalue weighted by molar-refractivity contribution is 5.99. The van der Waals surface area contributed by atoms with Crippen LogP contribution in [0.15, 0.2) is 27.6 Å². The van der Waals surface area contributed by atoms with Crippen molar-refractivity contribution in [2.75, 3.05) is 6.54 Å². The molecule has 2 bridgehead atoms. The number of hydrogen-bond acceptors (Lipinski definition) is 6. The molecule has 2 aliphatic rings. The molecule has 176 valence electrons. The predicted molar refractivity (Wildman–Crippen MR) is 113 cm³/mol. The number of aryl methyl sites for hydroxylation is 2. The summed E-state index contributed by atoms with van der Waals surface area (Å²) in [6.07, 6.45) is 1.62. The summed E-state index contributed by atoms with van der Waals surface area (Å²) >= 11 is 0. The average molecular weight is 470 g/mol. The zero-order valence-corrected chi connectivity index (χ0v) is 18.3. The largest absolute Gasteiger partial charge is 0.503 e. The van der Waals surface area contributed by atoms with Gasteiger partial charge >= 0.3 is 0 Å². The Morgan fingerprint density at radius 1 is 1.26 bits per heavy atom. The number of carbonyl (C=O) groups excluding carboxylic acids is 2. The van der Waals surface area contributed by atoms with Gasteiger partial charge in [-0.1, -0.05) is 5.16 Å². The van der Waals surface area contributed by atoms with Gasteiger partial charge in [0.05, 0.1) is 18.3 Å². The zero-order chi connectivity index (χ0) is 24.3. The zero-order valence-electron chi connectivity index (χ0n) is 18.3. The number of rotatable bonds is 3. The van der Waals surface area contributed by atoms with E-state index in [1.807, 2.05) is 0 Å². The van der Waals surface area contributed by atoms with Gasteiger partial charge in [0.2, 0.25) is 5.43 Å². The van der Waals surface area contributed by atoms with Gasteiger partial charge in [0.15, 0.2) is 17.2 Å². The molecule has 2 amide bonds. The number of nitrogens with one attached hydrogen (secondary N) is 1. The lowest BCUT2D eigenvalue weighted by Crippen LogP contribution is -2.44. The highest BCUT2D eigenvalue weighted by Gasteiger charge is 2.39. The fourth-order valence-corrected chi connectivity index (χ4v) is 4.55. The van der Waals surface area contributed by atoms with Gasteiger partial charge in [0, 0.05) is 36.8 Å². The van der Waals surface area contributed by atoms with Gasteiger partial charge in [0.25, 0.3) is 11.8 Å². The van der Waals surface area contributed by atoms with Crippen molar-refractivity contribution in [3.63, 3.8) is 0 Å². The minimum atomic E-state index is -1.05. The van der Waals surface area contributed by atoms with E-state index >= 15 is 0 Å². The van der Waals surface area contributed by atoms with Crippen molar-refractivity contribution < 1.29 is 28.0 Å². The van der Waals surface area contributed by atoms with E-state index in [1.54, 1.807) is 6.92 Å². The lowest BCUT2D eigenvalue weighted by molar-refractivity contribution is 0.0637. The first kappa shape index (κ1) is 21.8. The molecule has 1 aromatic carbocycles. The van der Waals surface area contributed by atoms with E-state index in [2.05, 4.69) is 10.5 Å². The van der Waals surface area contributed by atoms with Crippen molar-refractivity contribution in [3.05, 3.63) is 79.6 Å². The third-order valence-corrected chi connectivity index (χ3v) is 6.32. The van der Waals surface area contributed by atoms with Gasteiger partial charge < -0.3 is 24.4 Å². The molecule has 0 radical (unpaired) electrons. The fourth-order valence-electron chi connectivity index (χ4n) is 4.55. The summed E-state index contributed by atoms with van der Waals surface area (Å²) in [4.78, 5) is 40.1. The molecule has 0 saturated heterocycles. The smallest absolute Gasteiger partial charge is 0.274 e. The van der Waals surface area contributed by atoms with Crippen LogP contribution >= 0.6 is 0 Å². The lowest BCUT2D eigenvalue weighted by Gasteiger charge is -2.34. The monoisotopic (exact) mass is 470 g/mol. The number of halogens is 2. The Balaban J connectivity index is 1.51. The van der Waals surface area contributed by atoms with E-state index in [0.29, 0.717) is 23.4 Å². The van der Waals surface area contributed by atoms with E-state index < -0.39 is 52.8 Å². The number of hydrogen-bond donors (Lipinski definition) is 2. The standard InChI is InChI=1S/C23H20F2N4O5/c1-10-3-16(24)14(17(25)4-10)6-26-22(32)15-8-29-12-5-13-11(2)27-34-18(13)9-28(7-12)23(33)19(29)21(31)20(15)30/h3-4,8,12,31H,5-7,9H2,1-2H3,(H,26,32). The van der Waals surface area contributed by atoms with Crippen LogP contribution in [0.5, 0.6) is 5.75 Å². The van der Waals surface area contributed by atoms with Crippen LogP contribution in [-0.4, -0.2) is 38.1 Å². The third kappa shape index (κ3) is 3.35. The lowest BCUT2D eigenvalue weighted by atomic mass is 10.0. The van der Waals surface area contributed by atoms with Crippen LogP contribution in [-0.2, 0) is 19.5 Å². The van der Waals surface area contributed by atoms with Gasteiger partial charge in [-0.05, 0) is 31.5 Å². The first-order valence-electron chi connectivity index (χ1n) is 10.6. The molecule has 34 heavy (non-hydrogen) atoms. The number of amides is 2. The molecule has 5 rings (SSSR count). The second-order valence-electron chi connectivity index (χ2n) is 8.58. The topological polar surface area (TPSA) is 118 Å². The van der Waals surface area contributed by atoms with Crippen molar-refractivity contribution in [3.8, 4) is 5.75 Å². The number of fused-ring (bicyclic) bond motifs is 5. The van der Waals surface area contributed by atoms with Crippen LogP contribution in [0.4, 0.5) is 8.78 Å². The Labute approximate surface area is 191 Å². The number of benzene rings is 1. The number of pyridine rings is 1. The fraction of sp³-hybridized carbons (Fsp3) is 0.304. The number of aromatic nitrogens is 2. The van der Waals surface area contributed by atoms with Crippen LogP contribution in [0.3, 0.4) is 0 Å². The Morgan fingerprint density at radius 2 is 1.97 bits per heavy atom.